The van der Waals surface area contributed by atoms with Crippen LogP contribution in [0.25, 0.3) is 22.0 Å². The second-order valence-electron chi connectivity index (χ2n) is 8.64. The second kappa shape index (κ2) is 8.23. The zero-order valence-electron chi connectivity index (χ0n) is 19.5. The number of methoxy groups -OCH3 is 1. The zero-order valence-corrected chi connectivity index (χ0v) is 19.5. The number of benzene rings is 1. The Morgan fingerprint density at radius 1 is 1.15 bits per heavy atom. The molecule has 7 nitrogen and oxygen atoms in total. The van der Waals surface area contributed by atoms with Gasteiger partial charge in [-0.15, -0.1) is 0 Å². The molecule has 4 aromatic rings. The Bertz CT molecular complexity index is 1470. The summed E-state index contributed by atoms with van der Waals surface area (Å²) >= 11 is 0. The highest BCUT2D eigenvalue weighted by Gasteiger charge is 2.26. The van der Waals surface area contributed by atoms with Gasteiger partial charge in [0.25, 0.3) is 12.0 Å². The molecule has 0 bridgehead atoms. The quantitative estimate of drug-likeness (QED) is 0.438. The first kappa shape index (κ1) is 22.1. The van der Waals surface area contributed by atoms with Gasteiger partial charge in [0.05, 0.1) is 24.2 Å². The second-order valence-corrected chi connectivity index (χ2v) is 8.64. The number of aryl methyl sites for hydroxylation is 4. The molecule has 34 heavy (non-hydrogen) atoms. The Morgan fingerprint density at radius 2 is 1.94 bits per heavy atom. The predicted octanol–water partition coefficient (Wildman–Crippen LogP) is 4.67. The molecular weight excluding hydrogens is 440 g/mol. The van der Waals surface area contributed by atoms with E-state index in [0.29, 0.717) is 46.1 Å². The van der Waals surface area contributed by atoms with Crippen LogP contribution in [0.2, 0.25) is 0 Å². The van der Waals surface area contributed by atoms with Gasteiger partial charge >= 0.3 is 0 Å². The molecule has 0 saturated carbocycles. The van der Waals surface area contributed by atoms with Gasteiger partial charge in [0.2, 0.25) is 5.88 Å². The van der Waals surface area contributed by atoms with Crippen LogP contribution >= 0.6 is 0 Å². The monoisotopic (exact) mass is 465 g/mol. The Morgan fingerprint density at radius 3 is 2.62 bits per heavy atom. The van der Waals surface area contributed by atoms with Crippen LogP contribution in [0.3, 0.4) is 0 Å². The highest BCUT2D eigenvalue weighted by atomic mass is 19.3. The largest absolute Gasteiger partial charge is 0.480 e. The summed E-state index contributed by atoms with van der Waals surface area (Å²) in [6.07, 6.45) is 2.30. The summed E-state index contributed by atoms with van der Waals surface area (Å²) in [6.45, 7) is 2.37. The summed E-state index contributed by atoms with van der Waals surface area (Å²) in [6, 6.07) is 7.00. The molecule has 0 atom stereocenters. The highest BCUT2D eigenvalue weighted by molar-refractivity contribution is 5.88. The fourth-order valence-electron chi connectivity index (χ4n) is 4.74. The minimum atomic E-state index is -2.65. The molecule has 3 aromatic heterocycles. The molecule has 0 unspecified atom stereocenters. The van der Waals surface area contributed by atoms with E-state index in [0.717, 1.165) is 23.8 Å². The highest BCUT2D eigenvalue weighted by Crippen LogP contribution is 2.41. The number of alkyl halides is 2. The lowest BCUT2D eigenvalue weighted by molar-refractivity contribution is 0.152. The number of hydrogen-bond acceptors (Lipinski definition) is 5. The van der Waals surface area contributed by atoms with Gasteiger partial charge in [-0.1, -0.05) is 0 Å². The average molecular weight is 466 g/mol. The van der Waals surface area contributed by atoms with E-state index in [2.05, 4.69) is 5.10 Å². The topological polar surface area (TPSA) is 65.2 Å². The number of pyridine rings is 2. The molecule has 0 radical (unpaired) electrons. The molecule has 1 aliphatic rings. The Kier molecular flexibility index (Phi) is 5.34. The third-order valence-electron chi connectivity index (χ3n) is 6.44. The molecule has 0 saturated heterocycles. The Balaban J connectivity index is 1.71. The van der Waals surface area contributed by atoms with Crippen molar-refractivity contribution < 1.29 is 13.5 Å². The molecule has 4 heterocycles. The zero-order chi connectivity index (χ0) is 24.1. The van der Waals surface area contributed by atoms with Crippen molar-refractivity contribution in [3.8, 4) is 17.0 Å². The van der Waals surface area contributed by atoms with Crippen molar-refractivity contribution in [3.05, 3.63) is 63.7 Å². The first-order chi connectivity index (χ1) is 16.3. The molecule has 5 rings (SSSR count). The van der Waals surface area contributed by atoms with Gasteiger partial charge in [-0.2, -0.15) is 10.1 Å². The molecule has 1 aliphatic heterocycles. The van der Waals surface area contributed by atoms with Crippen LogP contribution in [0.5, 0.6) is 5.88 Å². The van der Waals surface area contributed by atoms with E-state index < -0.39 is 6.43 Å². The van der Waals surface area contributed by atoms with E-state index in [1.807, 2.05) is 17.0 Å². The molecule has 0 aliphatic carbocycles. The summed E-state index contributed by atoms with van der Waals surface area (Å²) in [7, 11) is 5.00. The summed E-state index contributed by atoms with van der Waals surface area (Å²) in [4.78, 5) is 19.2. The summed E-state index contributed by atoms with van der Waals surface area (Å²) in [5.41, 5.74) is 3.93. The molecule has 0 spiro atoms. The fraction of sp³-hybridized carbons (Fsp3) is 0.320. The van der Waals surface area contributed by atoms with Crippen LogP contribution in [0.1, 0.15) is 29.5 Å². The summed E-state index contributed by atoms with van der Waals surface area (Å²) in [5, 5.41) is 4.87. The number of nitrogens with zero attached hydrogens (tertiary/aromatic N) is 5. The van der Waals surface area contributed by atoms with Crippen LogP contribution < -0.4 is 15.2 Å². The van der Waals surface area contributed by atoms with Crippen molar-refractivity contribution in [2.75, 3.05) is 18.6 Å². The number of rotatable bonds is 4. The number of aromatic nitrogens is 4. The maximum Gasteiger partial charge on any atom is 0.264 e. The fourth-order valence-corrected chi connectivity index (χ4v) is 4.74. The van der Waals surface area contributed by atoms with Gasteiger partial charge < -0.3 is 14.2 Å². The van der Waals surface area contributed by atoms with Gasteiger partial charge in [0.1, 0.15) is 5.82 Å². The van der Waals surface area contributed by atoms with Crippen molar-refractivity contribution >= 4 is 22.4 Å². The number of anilines is 2. The predicted molar refractivity (Wildman–Crippen MR) is 127 cm³/mol. The summed E-state index contributed by atoms with van der Waals surface area (Å²) in [5.74, 6) is 0.942. The molecule has 0 amide bonds. The van der Waals surface area contributed by atoms with Crippen molar-refractivity contribution in [2.45, 2.75) is 26.2 Å². The minimum absolute atomic E-state index is 0.0468. The number of halogens is 2. The van der Waals surface area contributed by atoms with E-state index in [4.69, 9.17) is 9.72 Å². The summed E-state index contributed by atoms with van der Waals surface area (Å²) < 4.78 is 37.1. The van der Waals surface area contributed by atoms with Crippen molar-refractivity contribution in [3.63, 3.8) is 0 Å². The molecule has 0 N–H and O–H groups in total. The van der Waals surface area contributed by atoms with Crippen LogP contribution in [0.15, 0.2) is 41.5 Å². The molecule has 176 valence electrons. The number of ether oxygens (including phenoxy) is 1. The normalized spacial score (nSPS) is 13.6. The SMILES string of the molecule is COc1nc(N2CCCc3cc(-c4cnn(C)c4)c(C(F)F)cc32)cc2c1cc(C)c(=O)n2C. The van der Waals surface area contributed by atoms with Crippen LogP contribution in [0, 0.1) is 6.92 Å². The van der Waals surface area contributed by atoms with Gasteiger partial charge in [-0.25, -0.2) is 8.78 Å². The maximum absolute atomic E-state index is 14.2. The van der Waals surface area contributed by atoms with E-state index >= 15 is 0 Å². The first-order valence-corrected chi connectivity index (χ1v) is 11.1. The number of fused-ring (bicyclic) bond motifs is 2. The smallest absolute Gasteiger partial charge is 0.264 e. The molecular formula is C25H25F2N5O2. The van der Waals surface area contributed by atoms with Crippen LogP contribution in [-0.4, -0.2) is 33.0 Å². The third kappa shape index (κ3) is 3.52. The van der Waals surface area contributed by atoms with E-state index in [9.17, 15) is 13.6 Å². The van der Waals surface area contributed by atoms with E-state index in [1.165, 1.54) is 7.11 Å². The van der Waals surface area contributed by atoms with E-state index in [1.54, 1.807) is 54.8 Å². The minimum Gasteiger partial charge on any atom is -0.480 e. The van der Waals surface area contributed by atoms with Crippen molar-refractivity contribution in [2.24, 2.45) is 14.1 Å². The number of hydrogen-bond donors (Lipinski definition) is 0. The molecule has 0 fully saturated rings. The van der Waals surface area contributed by atoms with Crippen molar-refractivity contribution in [1.29, 1.82) is 0 Å². The van der Waals surface area contributed by atoms with Gasteiger partial charge in [-0.3, -0.25) is 9.48 Å². The lowest BCUT2D eigenvalue weighted by atomic mass is 9.93. The maximum atomic E-state index is 14.2. The van der Waals surface area contributed by atoms with Crippen molar-refractivity contribution in [1.82, 2.24) is 19.3 Å². The Hall–Kier alpha value is -3.75. The first-order valence-electron chi connectivity index (χ1n) is 11.1. The lowest BCUT2D eigenvalue weighted by Gasteiger charge is -2.32. The Labute approximate surface area is 195 Å². The van der Waals surface area contributed by atoms with E-state index in [-0.39, 0.29) is 11.1 Å². The molecule has 1 aromatic carbocycles. The van der Waals surface area contributed by atoms with Gasteiger partial charge in [0, 0.05) is 55.3 Å². The van der Waals surface area contributed by atoms with Gasteiger partial charge in [-0.05, 0) is 49.1 Å². The van der Waals surface area contributed by atoms with Gasteiger partial charge in [0.15, 0.2) is 0 Å². The lowest BCUT2D eigenvalue weighted by Crippen LogP contribution is -2.26. The molecule has 9 heteroatoms. The third-order valence-corrected chi connectivity index (χ3v) is 6.44. The standard InChI is InChI=1S/C25H25F2N5O2/c1-14-8-19-21(31(3)25(14)33)11-22(29-24(19)34-4)32-7-5-6-15-9-17(16-12-28-30(2)13-16)18(23(26)27)10-20(15)32/h8-13,23H,5-7H2,1-4H3. The van der Waals surface area contributed by atoms with Crippen LogP contribution in [-0.2, 0) is 20.5 Å². The average Bonchev–Trinajstić information content (AvgIpc) is 3.27. The van der Waals surface area contributed by atoms with Crippen LogP contribution in [0.4, 0.5) is 20.3 Å².